The van der Waals surface area contributed by atoms with Crippen LogP contribution in [0.25, 0.3) is 0 Å². The van der Waals surface area contributed by atoms with Crippen LogP contribution in [0.4, 0.5) is 10.8 Å². The van der Waals surface area contributed by atoms with Crippen molar-refractivity contribution in [2.45, 2.75) is 20.8 Å². The summed E-state index contributed by atoms with van der Waals surface area (Å²) in [5.74, 6) is 0. The molecule has 0 unspecified atom stereocenters. The zero-order valence-electron chi connectivity index (χ0n) is 10.6. The minimum absolute atomic E-state index is 0.568. The van der Waals surface area contributed by atoms with Crippen LogP contribution in [0.15, 0.2) is 24.4 Å². The van der Waals surface area contributed by atoms with E-state index in [9.17, 15) is 0 Å². The smallest absolute Gasteiger partial charge is 0.189 e. The fourth-order valence-corrected chi connectivity index (χ4v) is 2.47. The van der Waals surface area contributed by atoms with Crippen LogP contribution in [-0.2, 0) is 0 Å². The lowest BCUT2D eigenvalue weighted by Gasteiger charge is -2.11. The van der Waals surface area contributed by atoms with E-state index < -0.39 is 0 Å². The molecule has 2 rings (SSSR count). The van der Waals surface area contributed by atoms with Crippen molar-refractivity contribution in [2.75, 3.05) is 10.6 Å². The van der Waals surface area contributed by atoms with Crippen LogP contribution in [0.3, 0.4) is 0 Å². The maximum absolute atomic E-state index is 5.27. The molecular formula is C13H15N3S2. The Morgan fingerprint density at radius 3 is 2.67 bits per heavy atom. The van der Waals surface area contributed by atoms with E-state index in [1.807, 2.05) is 13.1 Å². The minimum Gasteiger partial charge on any atom is -0.332 e. The number of aromatic nitrogens is 1. The third-order valence-electron chi connectivity index (χ3n) is 2.48. The maximum Gasteiger partial charge on any atom is 0.189 e. The second kappa shape index (κ2) is 5.46. The van der Waals surface area contributed by atoms with E-state index in [1.165, 1.54) is 11.1 Å². The third kappa shape index (κ3) is 3.27. The van der Waals surface area contributed by atoms with Crippen LogP contribution < -0.4 is 10.6 Å². The number of anilines is 2. The lowest BCUT2D eigenvalue weighted by atomic mass is 10.1. The number of rotatable bonds is 2. The molecule has 0 fully saturated rings. The molecule has 0 atom stereocenters. The highest BCUT2D eigenvalue weighted by Crippen LogP contribution is 2.19. The first-order chi connectivity index (χ1) is 8.54. The van der Waals surface area contributed by atoms with Crippen molar-refractivity contribution >= 4 is 39.5 Å². The number of nitrogens with one attached hydrogen (secondary N) is 2. The molecule has 0 spiro atoms. The van der Waals surface area contributed by atoms with Gasteiger partial charge in [0, 0.05) is 16.8 Å². The molecule has 0 aliphatic heterocycles. The summed E-state index contributed by atoms with van der Waals surface area (Å²) < 4.78 is 0. The largest absolute Gasteiger partial charge is 0.332 e. The van der Waals surface area contributed by atoms with E-state index >= 15 is 0 Å². The lowest BCUT2D eigenvalue weighted by molar-refractivity contribution is 1.37. The van der Waals surface area contributed by atoms with Gasteiger partial charge in [-0.2, -0.15) is 0 Å². The van der Waals surface area contributed by atoms with Crippen molar-refractivity contribution in [1.29, 1.82) is 0 Å². The summed E-state index contributed by atoms with van der Waals surface area (Å²) in [5, 5.41) is 7.66. The summed E-state index contributed by atoms with van der Waals surface area (Å²) in [6.45, 7) is 6.13. The van der Waals surface area contributed by atoms with Crippen LogP contribution in [0.5, 0.6) is 0 Å². The van der Waals surface area contributed by atoms with E-state index in [0.717, 1.165) is 15.7 Å². The highest BCUT2D eigenvalue weighted by molar-refractivity contribution is 7.80. The van der Waals surface area contributed by atoms with Gasteiger partial charge in [0.1, 0.15) is 0 Å². The quantitative estimate of drug-likeness (QED) is 0.817. The summed E-state index contributed by atoms with van der Waals surface area (Å²) in [7, 11) is 0. The van der Waals surface area contributed by atoms with Crippen molar-refractivity contribution in [3.63, 3.8) is 0 Å². The normalized spacial score (nSPS) is 10.2. The van der Waals surface area contributed by atoms with E-state index in [0.29, 0.717) is 5.11 Å². The van der Waals surface area contributed by atoms with Gasteiger partial charge in [-0.25, -0.2) is 4.98 Å². The summed E-state index contributed by atoms with van der Waals surface area (Å²) in [5.41, 5.74) is 3.40. The molecule has 0 radical (unpaired) electrons. The van der Waals surface area contributed by atoms with Gasteiger partial charge in [0.25, 0.3) is 0 Å². The highest BCUT2D eigenvalue weighted by atomic mass is 32.1. The van der Waals surface area contributed by atoms with Crippen LogP contribution in [-0.4, -0.2) is 10.1 Å². The second-order valence-electron chi connectivity index (χ2n) is 4.17. The molecule has 1 aromatic carbocycles. The second-order valence-corrected chi connectivity index (χ2v) is 5.82. The molecule has 1 heterocycles. The molecule has 0 saturated carbocycles. The number of hydrogen-bond donors (Lipinski definition) is 2. The molecule has 3 nitrogen and oxygen atoms in total. The third-order valence-corrected chi connectivity index (χ3v) is 3.52. The Morgan fingerprint density at radius 1 is 1.22 bits per heavy atom. The van der Waals surface area contributed by atoms with Gasteiger partial charge in [0.05, 0.1) is 0 Å². The molecule has 0 amide bonds. The first kappa shape index (κ1) is 13.0. The zero-order chi connectivity index (χ0) is 13.1. The van der Waals surface area contributed by atoms with Crippen molar-refractivity contribution in [1.82, 2.24) is 4.98 Å². The molecule has 0 aliphatic carbocycles. The fraction of sp³-hybridized carbons (Fsp3) is 0.231. The molecular weight excluding hydrogens is 262 g/mol. The molecule has 0 bridgehead atoms. The fourth-order valence-electron chi connectivity index (χ4n) is 1.53. The Labute approximate surface area is 116 Å². The van der Waals surface area contributed by atoms with Gasteiger partial charge < -0.3 is 10.6 Å². The highest BCUT2D eigenvalue weighted by Gasteiger charge is 2.04. The van der Waals surface area contributed by atoms with Crippen LogP contribution in [0.2, 0.25) is 0 Å². The van der Waals surface area contributed by atoms with Gasteiger partial charge in [-0.05, 0) is 50.2 Å². The summed E-state index contributed by atoms with van der Waals surface area (Å²) >= 11 is 6.86. The Kier molecular flexibility index (Phi) is 3.93. The summed E-state index contributed by atoms with van der Waals surface area (Å²) in [6.07, 6.45) is 1.83. The number of aryl methyl sites for hydroxylation is 3. The van der Waals surface area contributed by atoms with E-state index in [-0.39, 0.29) is 0 Å². The predicted molar refractivity (Wildman–Crippen MR) is 82.6 cm³/mol. The van der Waals surface area contributed by atoms with Crippen LogP contribution in [0, 0.1) is 20.8 Å². The van der Waals surface area contributed by atoms with Gasteiger partial charge >= 0.3 is 0 Å². The molecule has 2 aromatic rings. The van der Waals surface area contributed by atoms with Gasteiger partial charge in [-0.3, -0.25) is 0 Å². The van der Waals surface area contributed by atoms with Gasteiger partial charge in [0.2, 0.25) is 0 Å². The van der Waals surface area contributed by atoms with Crippen molar-refractivity contribution in [3.8, 4) is 0 Å². The molecule has 2 N–H and O–H groups in total. The average molecular weight is 277 g/mol. The van der Waals surface area contributed by atoms with E-state index in [1.54, 1.807) is 11.3 Å². The Balaban J connectivity index is 2.05. The SMILES string of the molecule is Cc1ccc(C)c(NC(=S)Nc2ncc(C)s2)c1. The number of thiocarbonyl (C=S) groups is 1. The minimum atomic E-state index is 0.568. The molecule has 0 aliphatic rings. The van der Waals surface area contributed by atoms with Gasteiger partial charge in [-0.15, -0.1) is 11.3 Å². The zero-order valence-corrected chi connectivity index (χ0v) is 12.2. The van der Waals surface area contributed by atoms with Crippen LogP contribution >= 0.6 is 23.6 Å². The molecule has 1 aromatic heterocycles. The number of hydrogen-bond acceptors (Lipinski definition) is 3. The monoisotopic (exact) mass is 277 g/mol. The van der Waals surface area contributed by atoms with Gasteiger partial charge in [0.15, 0.2) is 10.2 Å². The standard InChI is InChI=1S/C13H15N3S2/c1-8-4-5-9(2)11(6-8)15-12(17)16-13-14-7-10(3)18-13/h4-7H,1-3H3,(H2,14,15,16,17). The summed E-state index contributed by atoms with van der Waals surface area (Å²) in [4.78, 5) is 5.38. The lowest BCUT2D eigenvalue weighted by Crippen LogP contribution is -2.19. The maximum atomic E-state index is 5.27. The predicted octanol–water partition coefficient (Wildman–Crippen LogP) is 3.88. The molecule has 0 saturated heterocycles. The average Bonchev–Trinajstić information content (AvgIpc) is 2.69. The first-order valence-corrected chi connectivity index (χ1v) is 6.85. The molecule has 18 heavy (non-hydrogen) atoms. The van der Waals surface area contributed by atoms with Crippen molar-refractivity contribution in [3.05, 3.63) is 40.4 Å². The van der Waals surface area contributed by atoms with E-state index in [2.05, 4.69) is 47.7 Å². The first-order valence-electron chi connectivity index (χ1n) is 5.62. The topological polar surface area (TPSA) is 37.0 Å². The van der Waals surface area contributed by atoms with Gasteiger partial charge in [-0.1, -0.05) is 12.1 Å². The Bertz CT molecular complexity index is 575. The van der Waals surface area contributed by atoms with E-state index in [4.69, 9.17) is 12.2 Å². The Hall–Kier alpha value is -1.46. The number of nitrogens with zero attached hydrogens (tertiary/aromatic N) is 1. The summed E-state index contributed by atoms with van der Waals surface area (Å²) in [6, 6.07) is 6.24. The van der Waals surface area contributed by atoms with Crippen molar-refractivity contribution < 1.29 is 0 Å². The van der Waals surface area contributed by atoms with Crippen LogP contribution in [0.1, 0.15) is 16.0 Å². The molecule has 94 valence electrons. The van der Waals surface area contributed by atoms with Crippen molar-refractivity contribution in [2.24, 2.45) is 0 Å². The number of thiazole rings is 1. The Morgan fingerprint density at radius 2 is 2.00 bits per heavy atom. The molecule has 5 heteroatoms. The number of benzene rings is 1.